The van der Waals surface area contributed by atoms with Crippen LogP contribution in [0.15, 0.2) is 82.6 Å². The Hall–Kier alpha value is -3.86. The Kier molecular flexibility index (Phi) is 7.23. The maximum Gasteiger partial charge on any atom is 0.308 e. The average Bonchev–Trinajstić information content (AvgIpc) is 3.39. The molecule has 41 heavy (non-hydrogen) atoms. The van der Waals surface area contributed by atoms with Gasteiger partial charge in [-0.05, 0) is 55.0 Å². The molecule has 0 aliphatic carbocycles. The van der Waals surface area contributed by atoms with Gasteiger partial charge in [-0.25, -0.2) is 4.90 Å². The highest BCUT2D eigenvalue weighted by molar-refractivity contribution is 8.00. The fraction of sp³-hybridized carbons (Fsp3) is 0.200. The molecule has 6 rings (SSSR count). The van der Waals surface area contributed by atoms with Crippen molar-refractivity contribution in [2.45, 2.75) is 29.7 Å². The summed E-state index contributed by atoms with van der Waals surface area (Å²) in [7, 11) is 1.54. The Morgan fingerprint density at radius 3 is 2.49 bits per heavy atom. The number of thioether (sulfide) groups is 1. The Morgan fingerprint density at radius 1 is 1.00 bits per heavy atom. The van der Waals surface area contributed by atoms with E-state index in [-0.39, 0.29) is 29.1 Å². The van der Waals surface area contributed by atoms with Crippen molar-refractivity contribution in [3.05, 3.63) is 103 Å². The molecule has 1 fully saturated rings. The predicted octanol–water partition coefficient (Wildman–Crippen LogP) is 5.31. The minimum absolute atomic E-state index is 0.231. The first-order chi connectivity index (χ1) is 19.8. The summed E-state index contributed by atoms with van der Waals surface area (Å²) in [4.78, 5) is 55.7. The van der Waals surface area contributed by atoms with Gasteiger partial charge in [-0.15, -0.1) is 0 Å². The van der Waals surface area contributed by atoms with Crippen LogP contribution in [0, 0.1) is 12.8 Å². The summed E-state index contributed by atoms with van der Waals surface area (Å²) in [6.45, 7) is 1.69. The number of amides is 3. The van der Waals surface area contributed by atoms with Gasteiger partial charge < -0.3 is 10.1 Å². The highest BCUT2D eigenvalue weighted by Crippen LogP contribution is 2.55. The number of aromatic nitrogens is 1. The van der Waals surface area contributed by atoms with Crippen LogP contribution in [0.5, 0.6) is 5.75 Å². The van der Waals surface area contributed by atoms with Crippen molar-refractivity contribution in [2.75, 3.05) is 17.3 Å². The number of aryl methyl sites for hydroxylation is 1. The van der Waals surface area contributed by atoms with Gasteiger partial charge in [0.15, 0.2) is 0 Å². The van der Waals surface area contributed by atoms with Gasteiger partial charge in [0.2, 0.25) is 17.7 Å². The van der Waals surface area contributed by atoms with Crippen LogP contribution in [0.1, 0.15) is 21.9 Å². The number of carbonyl (C=O) groups excluding carboxylic acids is 3. The molecule has 11 heteroatoms. The third-order valence-electron chi connectivity index (χ3n) is 7.21. The van der Waals surface area contributed by atoms with Crippen LogP contribution < -0.4 is 19.8 Å². The summed E-state index contributed by atoms with van der Waals surface area (Å²) < 4.78 is 7.05. The van der Waals surface area contributed by atoms with E-state index in [9.17, 15) is 19.2 Å². The number of methoxy groups -OCH3 is 1. The molecule has 0 saturated carbocycles. The first-order valence-corrected chi connectivity index (χ1v) is 14.9. The molecule has 1 N–H and O–H groups in total. The van der Waals surface area contributed by atoms with Crippen molar-refractivity contribution >= 4 is 63.8 Å². The third-order valence-corrected chi connectivity index (χ3v) is 10.1. The summed E-state index contributed by atoms with van der Waals surface area (Å²) in [5.74, 6) is -1.97. The molecular formula is C30H24ClN3O5S2. The van der Waals surface area contributed by atoms with Gasteiger partial charge in [0, 0.05) is 27.1 Å². The van der Waals surface area contributed by atoms with Gasteiger partial charge >= 0.3 is 4.87 Å². The van der Waals surface area contributed by atoms with E-state index < -0.39 is 17.1 Å². The molecule has 1 aromatic heterocycles. The number of thiazole rings is 1. The van der Waals surface area contributed by atoms with Gasteiger partial charge in [-0.2, -0.15) is 0 Å². The number of nitrogens with zero attached hydrogens (tertiary/aromatic N) is 2. The molecule has 0 radical (unpaired) electrons. The highest BCUT2D eigenvalue weighted by atomic mass is 35.5. The highest BCUT2D eigenvalue weighted by Gasteiger charge is 2.57. The van der Waals surface area contributed by atoms with Crippen molar-refractivity contribution in [1.29, 1.82) is 0 Å². The van der Waals surface area contributed by atoms with Crippen LogP contribution in [-0.2, 0) is 20.9 Å². The van der Waals surface area contributed by atoms with Crippen LogP contribution in [0.2, 0.25) is 5.02 Å². The van der Waals surface area contributed by atoms with Gasteiger partial charge in [-0.3, -0.25) is 23.7 Å². The molecule has 0 unspecified atom stereocenters. The summed E-state index contributed by atoms with van der Waals surface area (Å²) in [6, 6.07) is 21.2. The molecule has 0 bridgehead atoms. The van der Waals surface area contributed by atoms with Crippen molar-refractivity contribution in [3.8, 4) is 5.75 Å². The van der Waals surface area contributed by atoms with Gasteiger partial charge in [0.1, 0.15) is 17.5 Å². The van der Waals surface area contributed by atoms with Crippen LogP contribution in [-0.4, -0.2) is 34.6 Å². The van der Waals surface area contributed by atoms with E-state index in [1.54, 1.807) is 43.5 Å². The number of carbonyl (C=O) groups is 3. The van der Waals surface area contributed by atoms with E-state index in [0.29, 0.717) is 37.6 Å². The first kappa shape index (κ1) is 27.3. The maximum atomic E-state index is 14.0. The second-order valence-corrected chi connectivity index (χ2v) is 12.4. The Balaban J connectivity index is 1.43. The van der Waals surface area contributed by atoms with Crippen LogP contribution in [0.3, 0.4) is 0 Å². The number of fused-ring (bicyclic) bond motifs is 2. The number of halogens is 1. The molecule has 1 saturated heterocycles. The molecular weight excluding hydrogens is 582 g/mol. The quantitative estimate of drug-likeness (QED) is 0.299. The van der Waals surface area contributed by atoms with Crippen LogP contribution in [0.4, 0.5) is 11.4 Å². The lowest BCUT2D eigenvalue weighted by Crippen LogP contribution is -2.33. The lowest BCUT2D eigenvalue weighted by molar-refractivity contribution is -0.122. The zero-order valence-electron chi connectivity index (χ0n) is 22.0. The first-order valence-electron chi connectivity index (χ1n) is 12.8. The molecule has 0 spiro atoms. The van der Waals surface area contributed by atoms with Gasteiger partial charge in [0.25, 0.3) is 0 Å². The molecule has 208 valence electrons. The monoisotopic (exact) mass is 605 g/mol. The van der Waals surface area contributed by atoms with E-state index in [4.69, 9.17) is 16.3 Å². The fourth-order valence-electron chi connectivity index (χ4n) is 5.43. The van der Waals surface area contributed by atoms with Crippen LogP contribution in [0.25, 0.3) is 0 Å². The number of hydrogen-bond acceptors (Lipinski definition) is 7. The number of hydrogen-bond donors (Lipinski definition) is 1. The summed E-state index contributed by atoms with van der Waals surface area (Å²) in [6.07, 6.45) is 0. The van der Waals surface area contributed by atoms with Crippen molar-refractivity contribution in [3.63, 3.8) is 0 Å². The molecule has 3 atom stereocenters. The fourth-order valence-corrected chi connectivity index (χ4v) is 8.32. The Labute approximate surface area is 248 Å². The number of rotatable bonds is 6. The Bertz CT molecular complexity index is 1750. The second-order valence-electron chi connectivity index (χ2n) is 9.81. The predicted molar refractivity (Wildman–Crippen MR) is 160 cm³/mol. The molecule has 3 heterocycles. The van der Waals surface area contributed by atoms with Gasteiger partial charge in [0.05, 0.1) is 23.7 Å². The minimum Gasteiger partial charge on any atom is -0.496 e. The minimum atomic E-state index is -0.805. The number of benzene rings is 3. The zero-order valence-corrected chi connectivity index (χ0v) is 24.4. The standard InChI is InChI=1S/C30H24ClN3O5S2/c1-16-6-5-7-18(14-16)32-22(35)15-33-29-26(41-30(33)38)23(20-8-3-4-9-21(20)39-2)24-25(40-29)28(37)34(27(24)36)19-12-10-17(31)11-13-19/h3-14,23-25H,15H2,1-2H3,(H,32,35)/t23-,24-,25+/m0/s1. The SMILES string of the molecule is COc1ccccc1[C@@H]1c2sc(=O)n(CC(=O)Nc3cccc(C)c3)c2S[C@H]2C(=O)N(c3ccc(Cl)cc3)C(=O)[C@@H]12. The van der Waals surface area contributed by atoms with Gasteiger partial charge in [-0.1, -0.05) is 65.0 Å². The molecule has 3 aromatic carbocycles. The normalized spacial score (nSPS) is 19.6. The third kappa shape index (κ3) is 4.86. The number of nitrogens with one attached hydrogen (secondary N) is 1. The molecule has 3 amide bonds. The van der Waals surface area contributed by atoms with E-state index in [0.717, 1.165) is 16.9 Å². The van der Waals surface area contributed by atoms with Crippen molar-refractivity contribution < 1.29 is 19.1 Å². The largest absolute Gasteiger partial charge is 0.496 e. The number of para-hydroxylation sites is 1. The van der Waals surface area contributed by atoms with E-state index in [1.807, 2.05) is 43.3 Å². The number of imide groups is 1. The summed E-state index contributed by atoms with van der Waals surface area (Å²) in [5, 5.41) is 3.04. The smallest absolute Gasteiger partial charge is 0.308 e. The van der Waals surface area contributed by atoms with E-state index in [2.05, 4.69) is 5.32 Å². The topological polar surface area (TPSA) is 97.7 Å². The van der Waals surface area contributed by atoms with E-state index >= 15 is 0 Å². The second kappa shape index (κ2) is 10.8. The lowest BCUT2D eigenvalue weighted by atomic mass is 9.82. The van der Waals surface area contributed by atoms with Crippen molar-refractivity contribution in [2.24, 2.45) is 5.92 Å². The maximum absolute atomic E-state index is 14.0. The van der Waals surface area contributed by atoms with Crippen molar-refractivity contribution in [1.82, 2.24) is 4.57 Å². The number of ether oxygens (including phenoxy) is 1. The summed E-state index contributed by atoms with van der Waals surface area (Å²) in [5.41, 5.74) is 2.74. The zero-order chi connectivity index (χ0) is 28.8. The number of anilines is 2. The lowest BCUT2D eigenvalue weighted by Gasteiger charge is -2.31. The average molecular weight is 606 g/mol. The molecule has 4 aromatic rings. The van der Waals surface area contributed by atoms with Crippen LogP contribution >= 0.6 is 34.7 Å². The Morgan fingerprint density at radius 2 is 1.76 bits per heavy atom. The summed E-state index contributed by atoms with van der Waals surface area (Å²) >= 11 is 8.22. The molecule has 2 aliphatic rings. The van der Waals surface area contributed by atoms with E-state index in [1.165, 1.54) is 21.2 Å². The molecule has 8 nitrogen and oxygen atoms in total. The molecule has 2 aliphatic heterocycles.